The third kappa shape index (κ3) is 3.73. The highest BCUT2D eigenvalue weighted by molar-refractivity contribution is 5.94. The fourth-order valence-electron chi connectivity index (χ4n) is 4.72. The molecule has 0 bridgehead atoms. The summed E-state index contributed by atoms with van der Waals surface area (Å²) in [6, 6.07) is 5.73. The molecule has 8 heteroatoms. The van der Waals surface area contributed by atoms with Crippen molar-refractivity contribution < 1.29 is 23.8 Å². The minimum atomic E-state index is -0.153. The lowest BCUT2D eigenvalue weighted by Gasteiger charge is -2.52. The van der Waals surface area contributed by atoms with Gasteiger partial charge in [0.25, 0.3) is 5.91 Å². The van der Waals surface area contributed by atoms with Gasteiger partial charge in [-0.05, 0) is 43.9 Å². The monoisotopic (exact) mass is 401 g/mol. The summed E-state index contributed by atoms with van der Waals surface area (Å²) in [7, 11) is 0. The SMILES string of the molecule is O=C(NC[C@@H]1CC[C@@H]2[C@@H](CN2C(=O)NC2CCCC2)O1)c1ccc2c(c1)OCO2. The Morgan fingerprint density at radius 3 is 2.72 bits per heavy atom. The average molecular weight is 401 g/mol. The molecule has 2 N–H and O–H groups in total. The van der Waals surface area contributed by atoms with Crippen molar-refractivity contribution in [3.8, 4) is 11.5 Å². The van der Waals surface area contributed by atoms with E-state index in [1.807, 2.05) is 4.90 Å². The first-order valence-corrected chi connectivity index (χ1v) is 10.6. The van der Waals surface area contributed by atoms with Crippen molar-refractivity contribution in [2.24, 2.45) is 0 Å². The first kappa shape index (κ1) is 18.5. The summed E-state index contributed by atoms with van der Waals surface area (Å²) in [6.07, 6.45) is 6.40. The minimum absolute atomic E-state index is 0.0192. The van der Waals surface area contributed by atoms with Crippen LogP contribution in [0.2, 0.25) is 0 Å². The van der Waals surface area contributed by atoms with Crippen molar-refractivity contribution in [2.45, 2.75) is 62.8 Å². The van der Waals surface area contributed by atoms with Crippen molar-refractivity contribution in [3.63, 3.8) is 0 Å². The summed E-state index contributed by atoms with van der Waals surface area (Å²) in [6.45, 7) is 1.29. The molecule has 2 saturated heterocycles. The van der Waals surface area contributed by atoms with Gasteiger partial charge in [0.15, 0.2) is 11.5 Å². The van der Waals surface area contributed by atoms with Crippen LogP contribution in [0.3, 0.4) is 0 Å². The quantitative estimate of drug-likeness (QED) is 0.806. The Hall–Kier alpha value is -2.48. The van der Waals surface area contributed by atoms with Crippen LogP contribution in [-0.2, 0) is 4.74 Å². The van der Waals surface area contributed by atoms with Crippen LogP contribution in [0.25, 0.3) is 0 Å². The predicted molar refractivity (Wildman–Crippen MR) is 104 cm³/mol. The maximum Gasteiger partial charge on any atom is 0.318 e. The van der Waals surface area contributed by atoms with Crippen LogP contribution in [0.5, 0.6) is 11.5 Å². The fourth-order valence-corrected chi connectivity index (χ4v) is 4.72. The van der Waals surface area contributed by atoms with Gasteiger partial charge in [-0.1, -0.05) is 12.8 Å². The Kier molecular flexibility index (Phi) is 4.95. The van der Waals surface area contributed by atoms with Gasteiger partial charge in [-0.3, -0.25) is 4.79 Å². The van der Waals surface area contributed by atoms with Crippen LogP contribution in [0.1, 0.15) is 48.9 Å². The van der Waals surface area contributed by atoms with Gasteiger partial charge in [0, 0.05) is 18.2 Å². The number of nitrogens with zero attached hydrogens (tertiary/aromatic N) is 1. The Morgan fingerprint density at radius 2 is 1.90 bits per heavy atom. The molecule has 3 amide bonds. The molecular formula is C21H27N3O5. The van der Waals surface area contributed by atoms with E-state index in [0.717, 1.165) is 25.7 Å². The molecule has 0 unspecified atom stereocenters. The highest BCUT2D eigenvalue weighted by Crippen LogP contribution is 2.34. The molecule has 1 aromatic carbocycles. The lowest BCUT2D eigenvalue weighted by Crippen LogP contribution is -2.68. The Morgan fingerprint density at radius 1 is 1.07 bits per heavy atom. The standard InChI is InChI=1S/C21H27N3O5/c25-20(13-5-8-17-18(9-13)28-12-27-17)22-10-15-6-7-16-19(29-15)11-24(16)21(26)23-14-3-1-2-4-14/h5,8-9,14-16,19H,1-4,6-7,10-12H2,(H,22,25)(H,23,26)/t15-,16+,19+/m0/s1. The number of benzene rings is 1. The van der Waals surface area contributed by atoms with Gasteiger partial charge in [0.05, 0.1) is 24.8 Å². The zero-order chi connectivity index (χ0) is 19.8. The number of fused-ring (bicyclic) bond motifs is 2. The molecule has 8 nitrogen and oxygen atoms in total. The van der Waals surface area contributed by atoms with E-state index in [1.54, 1.807) is 18.2 Å². The van der Waals surface area contributed by atoms with Gasteiger partial charge in [-0.25, -0.2) is 4.79 Å². The van der Waals surface area contributed by atoms with Crippen LogP contribution in [0, 0.1) is 0 Å². The molecule has 0 spiro atoms. The normalized spacial score (nSPS) is 27.9. The van der Waals surface area contributed by atoms with E-state index in [1.165, 1.54) is 12.8 Å². The van der Waals surface area contributed by atoms with Crippen LogP contribution in [0.4, 0.5) is 4.79 Å². The predicted octanol–water partition coefficient (Wildman–Crippen LogP) is 2.03. The molecule has 3 aliphatic heterocycles. The molecule has 0 aromatic heterocycles. The van der Waals surface area contributed by atoms with Crippen molar-refractivity contribution in [3.05, 3.63) is 23.8 Å². The van der Waals surface area contributed by atoms with E-state index in [-0.39, 0.29) is 37.0 Å². The van der Waals surface area contributed by atoms with Crippen molar-refractivity contribution in [1.29, 1.82) is 0 Å². The number of nitrogens with one attached hydrogen (secondary N) is 2. The van der Waals surface area contributed by atoms with E-state index in [2.05, 4.69) is 10.6 Å². The molecule has 0 radical (unpaired) electrons. The Labute approximate surface area is 169 Å². The van der Waals surface area contributed by atoms with Crippen molar-refractivity contribution in [2.75, 3.05) is 19.9 Å². The van der Waals surface area contributed by atoms with Crippen LogP contribution in [0.15, 0.2) is 18.2 Å². The number of ether oxygens (including phenoxy) is 3. The first-order chi connectivity index (χ1) is 14.2. The molecule has 29 heavy (non-hydrogen) atoms. The lowest BCUT2D eigenvalue weighted by molar-refractivity contribution is -0.148. The molecular weight excluding hydrogens is 374 g/mol. The van der Waals surface area contributed by atoms with E-state index < -0.39 is 0 Å². The summed E-state index contributed by atoms with van der Waals surface area (Å²) < 4.78 is 16.7. The van der Waals surface area contributed by atoms with E-state index in [0.29, 0.717) is 36.2 Å². The van der Waals surface area contributed by atoms with E-state index in [9.17, 15) is 9.59 Å². The summed E-state index contributed by atoms with van der Waals surface area (Å²) in [5.41, 5.74) is 0.543. The molecule has 156 valence electrons. The zero-order valence-electron chi connectivity index (χ0n) is 16.4. The Bertz CT molecular complexity index is 795. The van der Waals surface area contributed by atoms with Gasteiger partial charge in [0.1, 0.15) is 0 Å². The highest BCUT2D eigenvalue weighted by atomic mass is 16.7. The van der Waals surface area contributed by atoms with Crippen LogP contribution >= 0.6 is 0 Å². The molecule has 1 aliphatic carbocycles. The van der Waals surface area contributed by atoms with E-state index in [4.69, 9.17) is 14.2 Å². The number of hydrogen-bond donors (Lipinski definition) is 2. The number of hydrogen-bond acceptors (Lipinski definition) is 5. The fraction of sp³-hybridized carbons (Fsp3) is 0.619. The van der Waals surface area contributed by atoms with E-state index >= 15 is 0 Å². The summed E-state index contributed by atoms with van der Waals surface area (Å²) >= 11 is 0. The van der Waals surface area contributed by atoms with Crippen molar-refractivity contribution >= 4 is 11.9 Å². The largest absolute Gasteiger partial charge is 0.454 e. The van der Waals surface area contributed by atoms with Gasteiger partial charge in [-0.15, -0.1) is 0 Å². The third-order valence-corrected chi connectivity index (χ3v) is 6.43. The summed E-state index contributed by atoms with van der Waals surface area (Å²) in [5, 5.41) is 6.10. The second-order valence-corrected chi connectivity index (χ2v) is 8.30. The Balaban J connectivity index is 1.07. The number of carbonyl (C=O) groups is 2. The highest BCUT2D eigenvalue weighted by Gasteiger charge is 2.46. The number of likely N-dealkylation sites (tertiary alicyclic amines) is 1. The molecule has 1 aromatic rings. The number of urea groups is 1. The smallest absolute Gasteiger partial charge is 0.318 e. The minimum Gasteiger partial charge on any atom is -0.454 e. The van der Waals surface area contributed by atoms with Crippen molar-refractivity contribution in [1.82, 2.24) is 15.5 Å². The van der Waals surface area contributed by atoms with Gasteiger partial charge >= 0.3 is 6.03 Å². The number of amides is 3. The molecule has 1 saturated carbocycles. The average Bonchev–Trinajstić information content (AvgIpc) is 3.38. The third-order valence-electron chi connectivity index (χ3n) is 6.43. The second kappa shape index (κ2) is 7.74. The van der Waals surface area contributed by atoms with Gasteiger partial charge in [0.2, 0.25) is 6.79 Å². The maximum absolute atomic E-state index is 12.5. The molecule has 4 aliphatic rings. The number of carbonyl (C=O) groups excluding carboxylic acids is 2. The molecule has 5 rings (SSSR count). The second-order valence-electron chi connectivity index (χ2n) is 8.30. The zero-order valence-corrected chi connectivity index (χ0v) is 16.4. The van der Waals surface area contributed by atoms with Gasteiger partial charge in [-0.2, -0.15) is 0 Å². The number of rotatable bonds is 4. The van der Waals surface area contributed by atoms with Gasteiger partial charge < -0.3 is 29.7 Å². The molecule has 3 fully saturated rings. The van der Waals surface area contributed by atoms with Crippen LogP contribution < -0.4 is 20.1 Å². The summed E-state index contributed by atoms with van der Waals surface area (Å²) in [4.78, 5) is 26.8. The lowest BCUT2D eigenvalue weighted by atomic mass is 9.90. The molecule has 3 atom stereocenters. The van der Waals surface area contributed by atoms with Crippen LogP contribution in [-0.4, -0.2) is 61.0 Å². The molecule has 3 heterocycles. The summed E-state index contributed by atoms with van der Waals surface area (Å²) in [5.74, 6) is 1.11. The maximum atomic E-state index is 12.5. The first-order valence-electron chi connectivity index (χ1n) is 10.6. The topological polar surface area (TPSA) is 89.1 Å².